The van der Waals surface area contributed by atoms with Crippen LogP contribution in [0.3, 0.4) is 0 Å². The van der Waals surface area contributed by atoms with Crippen LogP contribution in [0.1, 0.15) is 11.7 Å². The molecule has 1 atom stereocenters. The van der Waals surface area contributed by atoms with E-state index in [-0.39, 0.29) is 6.61 Å². The van der Waals surface area contributed by atoms with E-state index >= 15 is 0 Å². The third-order valence-corrected chi connectivity index (χ3v) is 2.72. The number of hydrogen-bond donors (Lipinski definition) is 1. The van der Waals surface area contributed by atoms with E-state index in [1.807, 2.05) is 30.3 Å². The Morgan fingerprint density at radius 1 is 1.10 bits per heavy atom. The molecule has 0 spiro atoms. The van der Waals surface area contributed by atoms with E-state index in [1.165, 1.54) is 0 Å². The summed E-state index contributed by atoms with van der Waals surface area (Å²) >= 11 is 0. The lowest BCUT2D eigenvalue weighted by molar-refractivity contribution is -0.149. The second kappa shape index (κ2) is 7.13. The quantitative estimate of drug-likeness (QED) is 0.826. The van der Waals surface area contributed by atoms with Crippen molar-refractivity contribution >= 4 is 5.97 Å². The summed E-state index contributed by atoms with van der Waals surface area (Å²) in [5.74, 6) is 2.50. The van der Waals surface area contributed by atoms with Gasteiger partial charge < -0.3 is 14.6 Å². The number of aliphatic carboxylic acids is 1. The lowest BCUT2D eigenvalue weighted by Crippen LogP contribution is -2.15. The van der Waals surface area contributed by atoms with Gasteiger partial charge in [-0.2, -0.15) is 0 Å². The number of carbonyl (C=O) groups is 1. The van der Waals surface area contributed by atoms with Gasteiger partial charge in [-0.3, -0.25) is 0 Å². The molecule has 0 fully saturated rings. The van der Waals surface area contributed by atoms with Crippen molar-refractivity contribution in [1.29, 1.82) is 0 Å². The van der Waals surface area contributed by atoms with Gasteiger partial charge in [-0.25, -0.2) is 4.79 Å². The number of hydrogen-bond acceptors (Lipinski definition) is 3. The number of benzene rings is 2. The fourth-order valence-electron chi connectivity index (χ4n) is 1.78. The summed E-state index contributed by atoms with van der Waals surface area (Å²) in [5, 5.41) is 9.13. The predicted molar refractivity (Wildman–Crippen MR) is 78.1 cm³/mol. The first kappa shape index (κ1) is 14.6. The number of para-hydroxylation sites is 1. The second-order valence-corrected chi connectivity index (χ2v) is 4.22. The first-order valence-electron chi connectivity index (χ1n) is 6.31. The molecular formula is C17H14O4. The highest BCUT2D eigenvalue weighted by atomic mass is 16.5. The molecule has 0 amide bonds. The standard InChI is InChI=1S/C17H14O4/c1-2-12-20-16(17(18)19)13-8-10-15(11-9-13)21-14-6-4-3-5-7-14/h1,3-11,16H,12H2,(H,18,19). The van der Waals surface area contributed by atoms with Crippen molar-refractivity contribution in [2.24, 2.45) is 0 Å². The normalized spacial score (nSPS) is 11.4. The fourth-order valence-corrected chi connectivity index (χ4v) is 1.78. The molecule has 0 aliphatic carbocycles. The van der Waals surface area contributed by atoms with Crippen LogP contribution in [0.2, 0.25) is 0 Å². The summed E-state index contributed by atoms with van der Waals surface area (Å²) < 4.78 is 10.8. The summed E-state index contributed by atoms with van der Waals surface area (Å²) in [6.45, 7) is -0.0563. The summed E-state index contributed by atoms with van der Waals surface area (Å²) in [6.07, 6.45) is 4.00. The molecule has 0 aliphatic rings. The summed E-state index contributed by atoms with van der Waals surface area (Å²) in [4.78, 5) is 11.2. The van der Waals surface area contributed by atoms with Gasteiger partial charge in [0.1, 0.15) is 18.1 Å². The van der Waals surface area contributed by atoms with E-state index in [9.17, 15) is 4.79 Å². The largest absolute Gasteiger partial charge is 0.479 e. The SMILES string of the molecule is C#CCOC(C(=O)O)c1ccc(Oc2ccccc2)cc1. The predicted octanol–water partition coefficient (Wildman–Crippen LogP) is 3.25. The number of ether oxygens (including phenoxy) is 2. The molecule has 2 rings (SSSR count). The van der Waals surface area contributed by atoms with E-state index in [0.717, 1.165) is 0 Å². The van der Waals surface area contributed by atoms with Gasteiger partial charge in [0.25, 0.3) is 0 Å². The van der Waals surface area contributed by atoms with Gasteiger partial charge in [0.05, 0.1) is 0 Å². The van der Waals surface area contributed by atoms with Gasteiger partial charge in [0.15, 0.2) is 6.10 Å². The van der Waals surface area contributed by atoms with Crippen LogP contribution in [0, 0.1) is 12.3 Å². The molecule has 4 nitrogen and oxygen atoms in total. The van der Waals surface area contributed by atoms with Crippen molar-refractivity contribution in [3.8, 4) is 23.8 Å². The molecule has 106 valence electrons. The van der Waals surface area contributed by atoms with Crippen LogP contribution in [-0.2, 0) is 9.53 Å². The zero-order valence-electron chi connectivity index (χ0n) is 11.2. The molecule has 4 heteroatoms. The van der Waals surface area contributed by atoms with Crippen molar-refractivity contribution in [3.63, 3.8) is 0 Å². The molecule has 0 saturated heterocycles. The third kappa shape index (κ3) is 4.10. The number of terminal acetylenes is 1. The van der Waals surface area contributed by atoms with Crippen LogP contribution in [0.25, 0.3) is 0 Å². The van der Waals surface area contributed by atoms with Crippen molar-refractivity contribution < 1.29 is 19.4 Å². The molecule has 0 saturated carbocycles. The minimum atomic E-state index is -1.08. The zero-order valence-corrected chi connectivity index (χ0v) is 11.2. The number of carboxylic acids is 1. The van der Waals surface area contributed by atoms with Crippen LogP contribution in [0.5, 0.6) is 11.5 Å². The smallest absolute Gasteiger partial charge is 0.337 e. The van der Waals surface area contributed by atoms with Gasteiger partial charge in [-0.15, -0.1) is 6.42 Å². The van der Waals surface area contributed by atoms with Gasteiger partial charge in [0, 0.05) is 0 Å². The van der Waals surface area contributed by atoms with Crippen molar-refractivity contribution in [2.45, 2.75) is 6.10 Å². The van der Waals surface area contributed by atoms with Crippen molar-refractivity contribution in [3.05, 3.63) is 60.2 Å². The Labute approximate surface area is 122 Å². The molecule has 0 heterocycles. The molecular weight excluding hydrogens is 268 g/mol. The summed E-state index contributed by atoms with van der Waals surface area (Å²) in [6, 6.07) is 16.0. The van der Waals surface area contributed by atoms with E-state index < -0.39 is 12.1 Å². The Hall–Kier alpha value is -2.77. The highest BCUT2D eigenvalue weighted by Crippen LogP contribution is 2.24. The van der Waals surface area contributed by atoms with Crippen LogP contribution < -0.4 is 4.74 Å². The average Bonchev–Trinajstić information content (AvgIpc) is 2.50. The van der Waals surface area contributed by atoms with Crippen LogP contribution >= 0.6 is 0 Å². The maximum atomic E-state index is 11.2. The van der Waals surface area contributed by atoms with Crippen LogP contribution in [-0.4, -0.2) is 17.7 Å². The van der Waals surface area contributed by atoms with E-state index in [1.54, 1.807) is 24.3 Å². The Morgan fingerprint density at radius 2 is 1.71 bits per heavy atom. The molecule has 2 aromatic rings. The van der Waals surface area contributed by atoms with Crippen LogP contribution in [0.4, 0.5) is 0 Å². The Morgan fingerprint density at radius 3 is 2.29 bits per heavy atom. The maximum Gasteiger partial charge on any atom is 0.337 e. The average molecular weight is 282 g/mol. The lowest BCUT2D eigenvalue weighted by atomic mass is 10.1. The second-order valence-electron chi connectivity index (χ2n) is 4.22. The molecule has 1 N–H and O–H groups in total. The molecule has 2 aromatic carbocycles. The lowest BCUT2D eigenvalue weighted by Gasteiger charge is -2.13. The number of carboxylic acid groups (broad SMARTS) is 1. The minimum Gasteiger partial charge on any atom is -0.479 e. The van der Waals surface area contributed by atoms with E-state index in [4.69, 9.17) is 21.0 Å². The van der Waals surface area contributed by atoms with Crippen molar-refractivity contribution in [1.82, 2.24) is 0 Å². The molecule has 0 aromatic heterocycles. The first-order valence-corrected chi connectivity index (χ1v) is 6.31. The molecule has 0 radical (unpaired) electrons. The Balaban J connectivity index is 2.10. The van der Waals surface area contributed by atoms with E-state index in [0.29, 0.717) is 17.1 Å². The van der Waals surface area contributed by atoms with E-state index in [2.05, 4.69) is 5.92 Å². The van der Waals surface area contributed by atoms with Gasteiger partial charge in [0.2, 0.25) is 0 Å². The highest BCUT2D eigenvalue weighted by molar-refractivity contribution is 5.74. The minimum absolute atomic E-state index is 0.0563. The molecule has 21 heavy (non-hydrogen) atoms. The first-order chi connectivity index (χ1) is 10.2. The highest BCUT2D eigenvalue weighted by Gasteiger charge is 2.20. The Kier molecular flexibility index (Phi) is 4.97. The number of rotatable bonds is 6. The topological polar surface area (TPSA) is 55.8 Å². The molecule has 0 bridgehead atoms. The molecule has 0 aliphatic heterocycles. The van der Waals surface area contributed by atoms with Crippen LogP contribution in [0.15, 0.2) is 54.6 Å². The maximum absolute atomic E-state index is 11.2. The monoisotopic (exact) mass is 282 g/mol. The van der Waals surface area contributed by atoms with Gasteiger partial charge in [-0.05, 0) is 29.8 Å². The summed E-state index contributed by atoms with van der Waals surface area (Å²) in [7, 11) is 0. The summed E-state index contributed by atoms with van der Waals surface area (Å²) in [5.41, 5.74) is 0.512. The molecule has 1 unspecified atom stereocenters. The zero-order chi connectivity index (χ0) is 15.1. The third-order valence-electron chi connectivity index (χ3n) is 2.72. The van der Waals surface area contributed by atoms with Crippen molar-refractivity contribution in [2.75, 3.05) is 6.61 Å². The van der Waals surface area contributed by atoms with Gasteiger partial charge >= 0.3 is 5.97 Å². The fraction of sp³-hybridized carbons (Fsp3) is 0.118. The Bertz CT molecular complexity index is 626. The van der Waals surface area contributed by atoms with Gasteiger partial charge in [-0.1, -0.05) is 36.3 Å².